The third-order valence-corrected chi connectivity index (χ3v) is 5.27. The molecular weight excluding hydrogens is 374 g/mol. The highest BCUT2D eigenvalue weighted by atomic mass is 16.1. The second-order valence-corrected chi connectivity index (χ2v) is 7.39. The summed E-state index contributed by atoms with van der Waals surface area (Å²) in [5, 5.41) is 2.93. The summed E-state index contributed by atoms with van der Waals surface area (Å²) in [6.07, 6.45) is 0.803. The summed E-state index contributed by atoms with van der Waals surface area (Å²) >= 11 is 0. The Kier molecular flexibility index (Phi) is 5.44. The first-order valence-corrected chi connectivity index (χ1v) is 10.1. The van der Waals surface area contributed by atoms with E-state index in [0.717, 1.165) is 28.7 Å². The van der Waals surface area contributed by atoms with Crippen LogP contribution in [0.3, 0.4) is 0 Å². The molecule has 5 heteroatoms. The number of ketones is 1. The van der Waals surface area contributed by atoms with E-state index in [4.69, 9.17) is 0 Å². The van der Waals surface area contributed by atoms with Gasteiger partial charge in [-0.1, -0.05) is 44.2 Å². The molecule has 30 heavy (non-hydrogen) atoms. The molecule has 1 atom stereocenters. The molecule has 2 N–H and O–H groups in total. The van der Waals surface area contributed by atoms with Gasteiger partial charge in [-0.3, -0.25) is 9.59 Å². The largest absolute Gasteiger partial charge is 0.338 e. The average Bonchev–Trinajstić information content (AvgIpc) is 3.22. The molecule has 0 bridgehead atoms. The maximum Gasteiger partial charge on any atom is 0.227 e. The molecule has 1 aromatic heterocycles. The van der Waals surface area contributed by atoms with Crippen molar-refractivity contribution in [3.05, 3.63) is 83.9 Å². The first kappa shape index (κ1) is 19.6. The minimum absolute atomic E-state index is 0.0181. The lowest BCUT2D eigenvalue weighted by atomic mass is 10.0. The quantitative estimate of drug-likeness (QED) is 0.425. The average molecular weight is 397 g/mol. The van der Waals surface area contributed by atoms with Gasteiger partial charge in [-0.25, -0.2) is 4.98 Å². The number of carbonyl (C=O) groups is 2. The first-order chi connectivity index (χ1) is 14.5. The fraction of sp³-hybridized carbons (Fsp3) is 0.160. The van der Waals surface area contributed by atoms with E-state index in [9.17, 15) is 9.59 Å². The summed E-state index contributed by atoms with van der Waals surface area (Å²) in [4.78, 5) is 32.7. The van der Waals surface area contributed by atoms with E-state index in [2.05, 4.69) is 15.3 Å². The SMILES string of the molecule is CC[C@@H](C)C(=O)Nc1ccc(-c2nc3ccc(C(=O)c4ccccc4)cc3[nH]2)cc1. The molecule has 0 aliphatic heterocycles. The number of nitrogens with zero attached hydrogens (tertiary/aromatic N) is 1. The van der Waals surface area contributed by atoms with E-state index in [-0.39, 0.29) is 17.6 Å². The highest BCUT2D eigenvalue weighted by Crippen LogP contribution is 2.24. The predicted octanol–water partition coefficient (Wildman–Crippen LogP) is 5.45. The van der Waals surface area contributed by atoms with Crippen LogP contribution in [0.2, 0.25) is 0 Å². The Morgan fingerprint density at radius 3 is 2.40 bits per heavy atom. The van der Waals surface area contributed by atoms with E-state index >= 15 is 0 Å². The third kappa shape index (κ3) is 4.01. The number of anilines is 1. The van der Waals surface area contributed by atoms with E-state index < -0.39 is 0 Å². The van der Waals surface area contributed by atoms with Gasteiger partial charge in [-0.15, -0.1) is 0 Å². The van der Waals surface area contributed by atoms with Crippen LogP contribution in [0, 0.1) is 5.92 Å². The summed E-state index contributed by atoms with van der Waals surface area (Å²) in [5.74, 6) is 0.696. The molecule has 4 rings (SSSR count). The van der Waals surface area contributed by atoms with Crippen molar-refractivity contribution in [2.75, 3.05) is 5.32 Å². The van der Waals surface area contributed by atoms with Crippen LogP contribution in [0.15, 0.2) is 72.8 Å². The molecule has 0 radical (unpaired) electrons. The normalized spacial score (nSPS) is 11.9. The maximum absolute atomic E-state index is 12.7. The number of nitrogens with one attached hydrogen (secondary N) is 2. The number of hydrogen-bond acceptors (Lipinski definition) is 3. The molecule has 0 unspecified atom stereocenters. The standard InChI is InChI=1S/C25H23N3O2/c1-3-16(2)25(30)26-20-12-9-18(10-13-20)24-27-21-14-11-19(15-22(21)28-24)23(29)17-7-5-4-6-8-17/h4-16H,3H2,1-2H3,(H,26,30)(H,27,28)/t16-/m1/s1. The number of aromatic amines is 1. The molecule has 0 aliphatic rings. The minimum Gasteiger partial charge on any atom is -0.338 e. The number of benzene rings is 3. The number of imidazole rings is 1. The van der Waals surface area contributed by atoms with E-state index in [1.165, 1.54) is 0 Å². The molecule has 0 aliphatic carbocycles. The first-order valence-electron chi connectivity index (χ1n) is 10.1. The zero-order chi connectivity index (χ0) is 21.1. The van der Waals surface area contributed by atoms with E-state index in [0.29, 0.717) is 17.0 Å². The summed E-state index contributed by atoms with van der Waals surface area (Å²) in [6, 6.07) is 22.3. The summed E-state index contributed by atoms with van der Waals surface area (Å²) in [7, 11) is 0. The van der Waals surface area contributed by atoms with Gasteiger partial charge in [-0.05, 0) is 48.9 Å². The second-order valence-electron chi connectivity index (χ2n) is 7.39. The fourth-order valence-electron chi connectivity index (χ4n) is 3.21. The van der Waals surface area contributed by atoms with Gasteiger partial charge in [0.25, 0.3) is 0 Å². The summed E-state index contributed by atoms with van der Waals surface area (Å²) in [5.41, 5.74) is 4.54. The summed E-state index contributed by atoms with van der Waals surface area (Å²) in [6.45, 7) is 3.91. The number of hydrogen-bond donors (Lipinski definition) is 2. The van der Waals surface area contributed by atoms with Crippen molar-refractivity contribution in [1.29, 1.82) is 0 Å². The van der Waals surface area contributed by atoms with Crippen molar-refractivity contribution in [1.82, 2.24) is 9.97 Å². The molecule has 3 aromatic carbocycles. The van der Waals surface area contributed by atoms with E-state index in [1.807, 2.05) is 80.6 Å². The highest BCUT2D eigenvalue weighted by Gasteiger charge is 2.13. The molecule has 0 spiro atoms. The highest BCUT2D eigenvalue weighted by molar-refractivity contribution is 6.10. The third-order valence-electron chi connectivity index (χ3n) is 5.27. The van der Waals surface area contributed by atoms with Crippen LogP contribution in [-0.4, -0.2) is 21.7 Å². The predicted molar refractivity (Wildman–Crippen MR) is 119 cm³/mol. The fourth-order valence-corrected chi connectivity index (χ4v) is 3.21. The monoisotopic (exact) mass is 397 g/mol. The summed E-state index contributed by atoms with van der Waals surface area (Å²) < 4.78 is 0. The van der Waals surface area contributed by atoms with Crippen molar-refractivity contribution >= 4 is 28.4 Å². The Labute approximate surface area is 175 Å². The molecule has 0 fully saturated rings. The Morgan fingerprint density at radius 2 is 1.70 bits per heavy atom. The Morgan fingerprint density at radius 1 is 0.967 bits per heavy atom. The number of carbonyl (C=O) groups excluding carboxylic acids is 2. The number of H-pyrrole nitrogens is 1. The van der Waals surface area contributed by atoms with Gasteiger partial charge < -0.3 is 10.3 Å². The van der Waals surface area contributed by atoms with Crippen LogP contribution in [0.1, 0.15) is 36.2 Å². The number of aromatic nitrogens is 2. The van der Waals surface area contributed by atoms with Gasteiger partial charge in [-0.2, -0.15) is 0 Å². The van der Waals surface area contributed by atoms with Crippen molar-refractivity contribution in [3.8, 4) is 11.4 Å². The van der Waals surface area contributed by atoms with Crippen LogP contribution in [-0.2, 0) is 4.79 Å². The lowest BCUT2D eigenvalue weighted by molar-refractivity contribution is -0.119. The molecular formula is C25H23N3O2. The molecule has 0 saturated heterocycles. The van der Waals surface area contributed by atoms with Gasteiger partial charge in [0, 0.05) is 28.3 Å². The van der Waals surface area contributed by atoms with Crippen LogP contribution >= 0.6 is 0 Å². The van der Waals surface area contributed by atoms with Crippen LogP contribution in [0.4, 0.5) is 5.69 Å². The van der Waals surface area contributed by atoms with Gasteiger partial charge >= 0.3 is 0 Å². The zero-order valence-electron chi connectivity index (χ0n) is 17.0. The molecule has 1 heterocycles. The lowest BCUT2D eigenvalue weighted by Crippen LogP contribution is -2.19. The smallest absolute Gasteiger partial charge is 0.227 e. The van der Waals surface area contributed by atoms with Gasteiger partial charge in [0.2, 0.25) is 5.91 Å². The van der Waals surface area contributed by atoms with Crippen molar-refractivity contribution in [3.63, 3.8) is 0 Å². The van der Waals surface area contributed by atoms with Crippen molar-refractivity contribution < 1.29 is 9.59 Å². The van der Waals surface area contributed by atoms with Crippen LogP contribution in [0.25, 0.3) is 22.4 Å². The van der Waals surface area contributed by atoms with Gasteiger partial charge in [0.15, 0.2) is 5.78 Å². The molecule has 4 aromatic rings. The number of rotatable bonds is 6. The lowest BCUT2D eigenvalue weighted by Gasteiger charge is -2.10. The Balaban J connectivity index is 1.56. The van der Waals surface area contributed by atoms with Crippen molar-refractivity contribution in [2.45, 2.75) is 20.3 Å². The molecule has 5 nitrogen and oxygen atoms in total. The Hall–Kier alpha value is -3.73. The van der Waals surface area contributed by atoms with Crippen LogP contribution in [0.5, 0.6) is 0 Å². The topological polar surface area (TPSA) is 74.8 Å². The molecule has 150 valence electrons. The van der Waals surface area contributed by atoms with Crippen molar-refractivity contribution in [2.24, 2.45) is 5.92 Å². The minimum atomic E-state index is -0.0205. The molecule has 1 amide bonds. The zero-order valence-corrected chi connectivity index (χ0v) is 17.0. The Bertz CT molecular complexity index is 1190. The van der Waals surface area contributed by atoms with Crippen LogP contribution < -0.4 is 5.32 Å². The molecule has 0 saturated carbocycles. The number of amides is 1. The van der Waals surface area contributed by atoms with Gasteiger partial charge in [0.1, 0.15) is 5.82 Å². The number of fused-ring (bicyclic) bond motifs is 1. The van der Waals surface area contributed by atoms with Gasteiger partial charge in [0.05, 0.1) is 11.0 Å². The second kappa shape index (κ2) is 8.33. The maximum atomic E-state index is 12.7. The van der Waals surface area contributed by atoms with E-state index in [1.54, 1.807) is 6.07 Å².